The van der Waals surface area contributed by atoms with Crippen molar-refractivity contribution in [3.05, 3.63) is 23.8 Å². The van der Waals surface area contributed by atoms with Crippen molar-refractivity contribution in [1.82, 2.24) is 4.90 Å². The van der Waals surface area contributed by atoms with Crippen LogP contribution < -0.4 is 10.6 Å². The van der Waals surface area contributed by atoms with E-state index in [4.69, 9.17) is 10.5 Å². The van der Waals surface area contributed by atoms with Gasteiger partial charge in [0.15, 0.2) is 0 Å². The van der Waals surface area contributed by atoms with E-state index in [1.807, 2.05) is 0 Å². The fourth-order valence-corrected chi connectivity index (χ4v) is 2.78. The zero-order chi connectivity index (χ0) is 15.1. The number of unbranched alkanes of at least 4 members (excludes halogenated alkanes) is 1. The second kappa shape index (κ2) is 8.25. The van der Waals surface area contributed by atoms with Gasteiger partial charge in [-0.05, 0) is 43.3 Å². The van der Waals surface area contributed by atoms with E-state index >= 15 is 0 Å². The zero-order valence-corrected chi connectivity index (χ0v) is 13.5. The van der Waals surface area contributed by atoms with Crippen molar-refractivity contribution in [2.75, 3.05) is 50.0 Å². The molecular weight excluding hydrogens is 262 g/mol. The molecule has 0 amide bonds. The molecule has 1 aromatic carbocycles. The number of benzene rings is 1. The highest BCUT2D eigenvalue weighted by atomic mass is 16.5. The summed E-state index contributed by atoms with van der Waals surface area (Å²) in [5, 5.41) is 0. The van der Waals surface area contributed by atoms with Crippen LogP contribution >= 0.6 is 0 Å². The number of rotatable bonds is 7. The van der Waals surface area contributed by atoms with Gasteiger partial charge in [-0.25, -0.2) is 0 Å². The third kappa shape index (κ3) is 4.90. The van der Waals surface area contributed by atoms with Crippen LogP contribution in [0, 0.1) is 0 Å². The molecule has 1 aromatic rings. The van der Waals surface area contributed by atoms with Crippen LogP contribution in [0.15, 0.2) is 18.2 Å². The quantitative estimate of drug-likeness (QED) is 0.784. The van der Waals surface area contributed by atoms with Gasteiger partial charge in [0.25, 0.3) is 0 Å². The van der Waals surface area contributed by atoms with Crippen molar-refractivity contribution in [2.24, 2.45) is 0 Å². The maximum absolute atomic E-state index is 6.11. The molecule has 0 radical (unpaired) electrons. The lowest BCUT2D eigenvalue weighted by atomic mass is 10.1. The Morgan fingerprint density at radius 3 is 2.62 bits per heavy atom. The van der Waals surface area contributed by atoms with E-state index in [-0.39, 0.29) is 0 Å². The summed E-state index contributed by atoms with van der Waals surface area (Å²) in [5.74, 6) is 0. The summed E-state index contributed by atoms with van der Waals surface area (Å²) in [6, 6.07) is 6.48. The molecule has 2 N–H and O–H groups in total. The molecule has 0 spiro atoms. The van der Waals surface area contributed by atoms with Crippen molar-refractivity contribution in [3.8, 4) is 0 Å². The minimum absolute atomic E-state index is 0.807. The van der Waals surface area contributed by atoms with Crippen LogP contribution in [0.5, 0.6) is 0 Å². The molecule has 0 unspecified atom stereocenters. The standard InChI is InChI=1S/C17H29N3O/c1-3-5-6-19(4-2)14-15-11-16(18)13-17(12-15)20-7-9-21-10-8-20/h11-13H,3-10,14,18H2,1-2H3. The first kappa shape index (κ1) is 16.1. The molecule has 0 aliphatic carbocycles. The maximum Gasteiger partial charge on any atom is 0.0642 e. The molecular formula is C17H29N3O. The van der Waals surface area contributed by atoms with Crippen molar-refractivity contribution in [3.63, 3.8) is 0 Å². The molecule has 1 aliphatic rings. The van der Waals surface area contributed by atoms with E-state index in [1.54, 1.807) is 0 Å². The molecule has 0 atom stereocenters. The number of hydrogen-bond acceptors (Lipinski definition) is 4. The Morgan fingerprint density at radius 1 is 1.19 bits per heavy atom. The Bertz CT molecular complexity index is 430. The Hall–Kier alpha value is -1.26. The average molecular weight is 291 g/mol. The Balaban J connectivity index is 2.06. The summed E-state index contributed by atoms with van der Waals surface area (Å²) in [7, 11) is 0. The summed E-state index contributed by atoms with van der Waals surface area (Å²) in [6.45, 7) is 11.2. The van der Waals surface area contributed by atoms with Crippen molar-refractivity contribution in [2.45, 2.75) is 33.2 Å². The van der Waals surface area contributed by atoms with Gasteiger partial charge in [-0.3, -0.25) is 4.90 Å². The summed E-state index contributed by atoms with van der Waals surface area (Å²) in [6.07, 6.45) is 2.50. The first-order valence-corrected chi connectivity index (χ1v) is 8.17. The Kier molecular flexibility index (Phi) is 6.33. The van der Waals surface area contributed by atoms with Gasteiger partial charge in [0.05, 0.1) is 13.2 Å². The number of nitrogens with two attached hydrogens (primary N) is 1. The fourth-order valence-electron chi connectivity index (χ4n) is 2.78. The van der Waals surface area contributed by atoms with Gasteiger partial charge >= 0.3 is 0 Å². The molecule has 1 fully saturated rings. The molecule has 4 heteroatoms. The lowest BCUT2D eigenvalue weighted by molar-refractivity contribution is 0.122. The van der Waals surface area contributed by atoms with Crippen LogP contribution in [0.25, 0.3) is 0 Å². The van der Waals surface area contributed by atoms with Crippen molar-refractivity contribution < 1.29 is 4.74 Å². The molecule has 0 saturated carbocycles. The first-order valence-electron chi connectivity index (χ1n) is 8.17. The first-order chi connectivity index (χ1) is 10.2. The van der Waals surface area contributed by atoms with Gasteiger partial charge in [-0.15, -0.1) is 0 Å². The van der Waals surface area contributed by atoms with Crippen molar-refractivity contribution >= 4 is 11.4 Å². The van der Waals surface area contributed by atoms with Gasteiger partial charge < -0.3 is 15.4 Å². The van der Waals surface area contributed by atoms with E-state index < -0.39 is 0 Å². The van der Waals surface area contributed by atoms with E-state index in [0.29, 0.717) is 0 Å². The largest absolute Gasteiger partial charge is 0.399 e. The SMILES string of the molecule is CCCCN(CC)Cc1cc(N)cc(N2CCOCC2)c1. The second-order valence-electron chi connectivity index (χ2n) is 5.75. The van der Waals surface area contributed by atoms with Crippen LogP contribution in [-0.2, 0) is 11.3 Å². The number of anilines is 2. The second-order valence-corrected chi connectivity index (χ2v) is 5.75. The maximum atomic E-state index is 6.11. The summed E-state index contributed by atoms with van der Waals surface area (Å²) < 4.78 is 5.43. The van der Waals surface area contributed by atoms with E-state index in [9.17, 15) is 0 Å². The zero-order valence-electron chi connectivity index (χ0n) is 13.5. The summed E-state index contributed by atoms with van der Waals surface area (Å²) in [4.78, 5) is 4.85. The predicted molar refractivity (Wildman–Crippen MR) is 89.7 cm³/mol. The lowest BCUT2D eigenvalue weighted by Crippen LogP contribution is -2.36. The number of ether oxygens (including phenoxy) is 1. The van der Waals surface area contributed by atoms with Crippen LogP contribution in [0.1, 0.15) is 32.3 Å². The molecule has 0 bridgehead atoms. The van der Waals surface area contributed by atoms with E-state index in [2.05, 4.69) is 41.8 Å². The molecule has 4 nitrogen and oxygen atoms in total. The molecule has 118 valence electrons. The third-order valence-electron chi connectivity index (χ3n) is 4.06. The molecule has 0 aromatic heterocycles. The normalized spacial score (nSPS) is 15.7. The predicted octanol–water partition coefficient (Wildman–Crippen LogP) is 2.73. The summed E-state index contributed by atoms with van der Waals surface area (Å²) in [5.41, 5.74) is 9.52. The molecule has 1 saturated heterocycles. The number of nitrogens with zero attached hydrogens (tertiary/aromatic N) is 2. The van der Waals surface area contributed by atoms with Gasteiger partial charge in [-0.1, -0.05) is 20.3 Å². The average Bonchev–Trinajstić information content (AvgIpc) is 2.51. The Morgan fingerprint density at radius 2 is 1.95 bits per heavy atom. The highest BCUT2D eigenvalue weighted by Crippen LogP contribution is 2.22. The highest BCUT2D eigenvalue weighted by molar-refractivity contribution is 5.58. The van der Waals surface area contributed by atoms with E-state index in [0.717, 1.165) is 51.6 Å². The van der Waals surface area contributed by atoms with Gasteiger partial charge in [0.2, 0.25) is 0 Å². The number of hydrogen-bond donors (Lipinski definition) is 1. The van der Waals surface area contributed by atoms with E-state index in [1.165, 1.54) is 24.1 Å². The third-order valence-corrected chi connectivity index (χ3v) is 4.06. The molecule has 21 heavy (non-hydrogen) atoms. The Labute approximate surface area is 128 Å². The summed E-state index contributed by atoms with van der Waals surface area (Å²) >= 11 is 0. The van der Waals surface area contributed by atoms with Gasteiger partial charge in [0, 0.05) is 31.0 Å². The molecule has 2 rings (SSSR count). The van der Waals surface area contributed by atoms with Crippen LogP contribution in [0.2, 0.25) is 0 Å². The molecule has 1 heterocycles. The number of morpholine rings is 1. The molecule has 1 aliphatic heterocycles. The minimum atomic E-state index is 0.807. The fraction of sp³-hybridized carbons (Fsp3) is 0.647. The van der Waals surface area contributed by atoms with Crippen LogP contribution in [-0.4, -0.2) is 44.3 Å². The number of nitrogen functional groups attached to an aromatic ring is 1. The topological polar surface area (TPSA) is 41.7 Å². The van der Waals surface area contributed by atoms with Crippen LogP contribution in [0.3, 0.4) is 0 Å². The highest BCUT2D eigenvalue weighted by Gasteiger charge is 2.13. The van der Waals surface area contributed by atoms with Gasteiger partial charge in [0.1, 0.15) is 0 Å². The van der Waals surface area contributed by atoms with Crippen LogP contribution in [0.4, 0.5) is 11.4 Å². The smallest absolute Gasteiger partial charge is 0.0642 e. The van der Waals surface area contributed by atoms with Crippen molar-refractivity contribution in [1.29, 1.82) is 0 Å². The minimum Gasteiger partial charge on any atom is -0.399 e. The van der Waals surface area contributed by atoms with Gasteiger partial charge in [-0.2, -0.15) is 0 Å². The monoisotopic (exact) mass is 291 g/mol. The lowest BCUT2D eigenvalue weighted by Gasteiger charge is -2.30.